The van der Waals surface area contributed by atoms with Crippen molar-refractivity contribution in [2.24, 2.45) is 5.73 Å². The van der Waals surface area contributed by atoms with Crippen LogP contribution in [0.1, 0.15) is 5.56 Å². The quantitative estimate of drug-likeness (QED) is 0.442. The molecular formula is C19H21ClN2O4S. The molecule has 1 saturated heterocycles. The summed E-state index contributed by atoms with van der Waals surface area (Å²) in [7, 11) is 1.59. The topological polar surface area (TPSA) is 81.9 Å². The minimum Gasteiger partial charge on any atom is -0.497 e. The van der Waals surface area contributed by atoms with E-state index in [0.717, 1.165) is 16.9 Å². The normalized spacial score (nSPS) is 21.3. The zero-order valence-electron chi connectivity index (χ0n) is 14.8. The summed E-state index contributed by atoms with van der Waals surface area (Å²) in [6.07, 6.45) is 5.13. The standard InChI is InChI=1S/C19H20N2O4S.ClH/c1-3-4-5-13-11-26-18-15(20)17(22)21(18)16(13)19(23)25-10-12-6-8-14(24-2)9-7-12;/h3-9,15,18H,1,10-11,20H2,2H3;1H/t15?,18-;/m1./s1. The third kappa shape index (κ3) is 4.21. The second-order valence-electron chi connectivity index (χ2n) is 5.83. The van der Waals surface area contributed by atoms with Crippen LogP contribution in [-0.4, -0.2) is 41.1 Å². The number of carbonyl (C=O) groups is 2. The largest absolute Gasteiger partial charge is 0.497 e. The Labute approximate surface area is 168 Å². The lowest BCUT2D eigenvalue weighted by Gasteiger charge is -2.48. The number of nitrogens with two attached hydrogens (primary N) is 1. The molecule has 8 heteroatoms. The van der Waals surface area contributed by atoms with Gasteiger partial charge in [0.1, 0.15) is 29.5 Å². The predicted octanol–water partition coefficient (Wildman–Crippen LogP) is 2.40. The first-order valence-electron chi connectivity index (χ1n) is 8.09. The molecule has 1 aromatic carbocycles. The van der Waals surface area contributed by atoms with Crippen molar-refractivity contribution in [1.29, 1.82) is 0 Å². The number of hydrogen-bond donors (Lipinski definition) is 1. The number of thioether (sulfide) groups is 1. The van der Waals surface area contributed by atoms with Gasteiger partial charge in [-0.1, -0.05) is 36.9 Å². The number of fused-ring (bicyclic) bond motifs is 1. The Bertz CT molecular complexity index is 791. The van der Waals surface area contributed by atoms with E-state index in [-0.39, 0.29) is 36.0 Å². The van der Waals surface area contributed by atoms with Crippen LogP contribution in [0.25, 0.3) is 0 Å². The molecule has 1 unspecified atom stereocenters. The van der Waals surface area contributed by atoms with Crippen LogP contribution in [0.4, 0.5) is 0 Å². The maximum atomic E-state index is 12.7. The van der Waals surface area contributed by atoms with Gasteiger partial charge in [0.05, 0.1) is 7.11 Å². The SMILES string of the molecule is C=CC=CC1=C(C(=O)OCc2ccc(OC)cc2)N2C(=O)C(N)[C@H]2SC1.Cl. The Morgan fingerprint density at radius 2 is 2.11 bits per heavy atom. The van der Waals surface area contributed by atoms with E-state index in [9.17, 15) is 9.59 Å². The smallest absolute Gasteiger partial charge is 0.355 e. The van der Waals surface area contributed by atoms with Crippen LogP contribution in [0.15, 0.2) is 60.3 Å². The number of allylic oxidation sites excluding steroid dienone is 3. The van der Waals surface area contributed by atoms with Gasteiger partial charge in [-0.15, -0.1) is 24.2 Å². The van der Waals surface area contributed by atoms with Crippen LogP contribution in [0.2, 0.25) is 0 Å². The second kappa shape index (κ2) is 9.12. The molecule has 2 atom stereocenters. The average molecular weight is 409 g/mol. The van der Waals surface area contributed by atoms with Gasteiger partial charge in [-0.2, -0.15) is 0 Å². The van der Waals surface area contributed by atoms with E-state index in [0.29, 0.717) is 5.75 Å². The van der Waals surface area contributed by atoms with Crippen molar-refractivity contribution in [2.45, 2.75) is 18.0 Å². The summed E-state index contributed by atoms with van der Waals surface area (Å²) >= 11 is 1.54. The number of halogens is 1. The van der Waals surface area contributed by atoms with Crippen LogP contribution in [0.5, 0.6) is 5.75 Å². The maximum Gasteiger partial charge on any atom is 0.355 e. The molecule has 0 radical (unpaired) electrons. The number of β-lactam (4-membered cyclic amide) rings is 1. The van der Waals surface area contributed by atoms with E-state index in [1.54, 1.807) is 37.5 Å². The van der Waals surface area contributed by atoms with Gasteiger partial charge in [-0.3, -0.25) is 9.69 Å². The van der Waals surface area contributed by atoms with Gasteiger partial charge in [0.25, 0.3) is 0 Å². The summed E-state index contributed by atoms with van der Waals surface area (Å²) in [5.41, 5.74) is 7.67. The molecule has 0 bridgehead atoms. The zero-order chi connectivity index (χ0) is 18.7. The number of esters is 1. The summed E-state index contributed by atoms with van der Waals surface area (Å²) in [4.78, 5) is 26.3. The van der Waals surface area contributed by atoms with Crippen molar-refractivity contribution in [3.05, 3.63) is 65.9 Å². The Hall–Kier alpha value is -2.22. The first-order chi connectivity index (χ1) is 12.6. The fraction of sp³-hybridized carbons (Fsp3) is 0.263. The van der Waals surface area contributed by atoms with Gasteiger partial charge in [-0.25, -0.2) is 4.79 Å². The first-order valence-corrected chi connectivity index (χ1v) is 9.14. The van der Waals surface area contributed by atoms with Crippen LogP contribution in [0, 0.1) is 0 Å². The van der Waals surface area contributed by atoms with Gasteiger partial charge >= 0.3 is 5.97 Å². The third-order valence-corrected chi connectivity index (χ3v) is 5.52. The average Bonchev–Trinajstić information content (AvgIpc) is 2.69. The molecule has 1 amide bonds. The van der Waals surface area contributed by atoms with Crippen molar-refractivity contribution in [2.75, 3.05) is 12.9 Å². The molecular weight excluding hydrogens is 388 g/mol. The van der Waals surface area contributed by atoms with Crippen molar-refractivity contribution >= 4 is 36.0 Å². The van der Waals surface area contributed by atoms with Gasteiger partial charge in [-0.05, 0) is 23.3 Å². The second-order valence-corrected chi connectivity index (χ2v) is 6.93. The Kier molecular flexibility index (Phi) is 7.12. The van der Waals surface area contributed by atoms with E-state index < -0.39 is 12.0 Å². The lowest BCUT2D eigenvalue weighted by Crippen LogP contribution is -2.68. The molecule has 144 valence electrons. The number of hydrogen-bond acceptors (Lipinski definition) is 6. The van der Waals surface area contributed by atoms with Crippen LogP contribution < -0.4 is 10.5 Å². The molecule has 0 spiro atoms. The van der Waals surface area contributed by atoms with E-state index in [4.69, 9.17) is 15.2 Å². The van der Waals surface area contributed by atoms with E-state index in [2.05, 4.69) is 6.58 Å². The number of carbonyl (C=O) groups excluding carboxylic acids is 2. The number of ether oxygens (including phenoxy) is 2. The third-order valence-electron chi connectivity index (χ3n) is 4.19. The molecule has 0 saturated carbocycles. The van der Waals surface area contributed by atoms with Crippen molar-refractivity contribution in [1.82, 2.24) is 4.90 Å². The zero-order valence-corrected chi connectivity index (χ0v) is 16.4. The molecule has 2 heterocycles. The number of amides is 1. The highest BCUT2D eigenvalue weighted by Crippen LogP contribution is 2.40. The summed E-state index contributed by atoms with van der Waals surface area (Å²) in [6.45, 7) is 3.74. The highest BCUT2D eigenvalue weighted by molar-refractivity contribution is 8.00. The van der Waals surface area contributed by atoms with Gasteiger partial charge < -0.3 is 15.2 Å². The number of benzene rings is 1. The van der Waals surface area contributed by atoms with Gasteiger partial charge in [0, 0.05) is 5.75 Å². The van der Waals surface area contributed by atoms with E-state index in [1.165, 1.54) is 16.7 Å². The summed E-state index contributed by atoms with van der Waals surface area (Å²) in [5.74, 6) is 0.518. The fourth-order valence-corrected chi connectivity index (χ4v) is 4.05. The van der Waals surface area contributed by atoms with Crippen molar-refractivity contribution in [3.8, 4) is 5.75 Å². The minimum absolute atomic E-state index is 0. The van der Waals surface area contributed by atoms with Gasteiger partial charge in [0.15, 0.2) is 0 Å². The van der Waals surface area contributed by atoms with Crippen LogP contribution in [-0.2, 0) is 20.9 Å². The highest BCUT2D eigenvalue weighted by atomic mass is 35.5. The Morgan fingerprint density at radius 3 is 2.74 bits per heavy atom. The molecule has 3 rings (SSSR count). The number of rotatable bonds is 6. The molecule has 2 aliphatic rings. The van der Waals surface area contributed by atoms with Crippen molar-refractivity contribution in [3.63, 3.8) is 0 Å². The van der Waals surface area contributed by atoms with Crippen LogP contribution >= 0.6 is 24.2 Å². The Morgan fingerprint density at radius 1 is 1.41 bits per heavy atom. The lowest BCUT2D eigenvalue weighted by atomic mass is 10.0. The van der Waals surface area contributed by atoms with Crippen molar-refractivity contribution < 1.29 is 19.1 Å². The minimum atomic E-state index is -0.575. The molecule has 1 aromatic rings. The molecule has 27 heavy (non-hydrogen) atoms. The molecule has 1 fully saturated rings. The van der Waals surface area contributed by atoms with Gasteiger partial charge in [0.2, 0.25) is 5.91 Å². The summed E-state index contributed by atoms with van der Waals surface area (Å²) in [6, 6.07) is 6.67. The highest BCUT2D eigenvalue weighted by Gasteiger charge is 2.51. The van der Waals surface area contributed by atoms with E-state index in [1.807, 2.05) is 12.1 Å². The van der Waals surface area contributed by atoms with E-state index >= 15 is 0 Å². The summed E-state index contributed by atoms with van der Waals surface area (Å²) < 4.78 is 10.6. The number of nitrogens with zero attached hydrogens (tertiary/aromatic N) is 1. The molecule has 2 aliphatic heterocycles. The Balaban J connectivity index is 0.00000261. The fourth-order valence-electron chi connectivity index (χ4n) is 2.78. The monoisotopic (exact) mass is 408 g/mol. The summed E-state index contributed by atoms with van der Waals surface area (Å²) in [5, 5.41) is -0.216. The number of methoxy groups -OCH3 is 1. The predicted molar refractivity (Wildman–Crippen MR) is 107 cm³/mol. The molecule has 2 N–H and O–H groups in total. The molecule has 0 aromatic heterocycles. The molecule has 6 nitrogen and oxygen atoms in total. The van der Waals surface area contributed by atoms with Crippen LogP contribution in [0.3, 0.4) is 0 Å². The first kappa shape index (κ1) is 21.1. The maximum absolute atomic E-state index is 12.7. The lowest BCUT2D eigenvalue weighted by molar-refractivity contribution is -0.151. The molecule has 0 aliphatic carbocycles.